The van der Waals surface area contributed by atoms with Gasteiger partial charge >= 0.3 is 5.97 Å². The van der Waals surface area contributed by atoms with Gasteiger partial charge in [0, 0.05) is 25.5 Å². The molecule has 6 nitrogen and oxygen atoms in total. The Morgan fingerprint density at radius 3 is 2.56 bits per heavy atom. The van der Waals surface area contributed by atoms with Crippen LogP contribution >= 0.6 is 15.9 Å². The van der Waals surface area contributed by atoms with Gasteiger partial charge in [0.2, 0.25) is 0 Å². The third-order valence-electron chi connectivity index (χ3n) is 1.95. The van der Waals surface area contributed by atoms with Crippen LogP contribution in [0.1, 0.15) is 10.5 Å². The van der Waals surface area contributed by atoms with Crippen molar-refractivity contribution in [3.63, 3.8) is 0 Å². The zero-order chi connectivity index (χ0) is 11.7. The van der Waals surface area contributed by atoms with E-state index in [-0.39, 0.29) is 5.69 Å². The summed E-state index contributed by atoms with van der Waals surface area (Å²) in [6.45, 7) is 0. The average Bonchev–Trinajstić information content (AvgIpc) is 2.61. The van der Waals surface area contributed by atoms with Crippen molar-refractivity contribution in [3.05, 3.63) is 28.6 Å². The number of aryl methyl sites for hydroxylation is 1. The van der Waals surface area contributed by atoms with Gasteiger partial charge in [0.15, 0.2) is 5.82 Å². The largest absolute Gasteiger partial charge is 0.477 e. The Morgan fingerprint density at radius 2 is 2.06 bits per heavy atom. The Balaban J connectivity index is 2.45. The summed E-state index contributed by atoms with van der Waals surface area (Å²) in [5.74, 6) is -0.635. The highest BCUT2D eigenvalue weighted by Crippen LogP contribution is 2.15. The van der Waals surface area contributed by atoms with Crippen molar-refractivity contribution in [1.29, 1.82) is 0 Å². The van der Waals surface area contributed by atoms with Crippen LogP contribution < -0.4 is 0 Å². The number of carboxylic acid groups (broad SMARTS) is 1. The maximum Gasteiger partial charge on any atom is 0.354 e. The molecule has 0 saturated carbocycles. The number of hydrogen-bond donors (Lipinski definition) is 1. The molecule has 0 spiro atoms. The molecule has 0 aliphatic heterocycles. The van der Waals surface area contributed by atoms with Crippen LogP contribution in [0, 0.1) is 0 Å². The molecule has 0 fully saturated rings. The Hall–Kier alpha value is -1.76. The lowest BCUT2D eigenvalue weighted by molar-refractivity contribution is 0.0685. The van der Waals surface area contributed by atoms with Crippen molar-refractivity contribution in [2.24, 2.45) is 7.05 Å². The van der Waals surface area contributed by atoms with Gasteiger partial charge in [-0.1, -0.05) is 0 Å². The van der Waals surface area contributed by atoms with Gasteiger partial charge in [-0.3, -0.25) is 4.68 Å². The van der Waals surface area contributed by atoms with Crippen molar-refractivity contribution in [3.8, 4) is 11.5 Å². The van der Waals surface area contributed by atoms with E-state index in [0.717, 1.165) is 4.47 Å². The van der Waals surface area contributed by atoms with Gasteiger partial charge in [-0.2, -0.15) is 5.10 Å². The Labute approximate surface area is 99.1 Å². The zero-order valence-electron chi connectivity index (χ0n) is 8.25. The summed E-state index contributed by atoms with van der Waals surface area (Å²) in [6.07, 6.45) is 3.16. The van der Waals surface area contributed by atoms with E-state index in [9.17, 15) is 4.79 Å². The van der Waals surface area contributed by atoms with E-state index >= 15 is 0 Å². The second-order valence-electron chi connectivity index (χ2n) is 3.07. The van der Waals surface area contributed by atoms with E-state index in [1.54, 1.807) is 19.4 Å². The van der Waals surface area contributed by atoms with Gasteiger partial charge < -0.3 is 5.11 Å². The summed E-state index contributed by atoms with van der Waals surface area (Å²) in [7, 11) is 1.56. The first kappa shape index (κ1) is 10.7. The van der Waals surface area contributed by atoms with E-state index in [2.05, 4.69) is 31.0 Å². The molecule has 0 saturated heterocycles. The summed E-state index contributed by atoms with van der Waals surface area (Å²) >= 11 is 3.22. The maximum atomic E-state index is 10.8. The SMILES string of the molecule is Cn1nc(-c2ncc(Br)cn2)cc1C(=O)O. The van der Waals surface area contributed by atoms with Gasteiger partial charge in [-0.25, -0.2) is 14.8 Å². The van der Waals surface area contributed by atoms with Gasteiger partial charge in [0.05, 0.1) is 4.47 Å². The molecule has 0 aliphatic carbocycles. The molecular formula is C9H7BrN4O2. The molecule has 1 N–H and O–H groups in total. The summed E-state index contributed by atoms with van der Waals surface area (Å²) in [5.41, 5.74) is 0.536. The number of carbonyl (C=O) groups is 1. The number of nitrogens with zero attached hydrogens (tertiary/aromatic N) is 4. The normalized spacial score (nSPS) is 10.4. The van der Waals surface area contributed by atoms with E-state index < -0.39 is 5.97 Å². The number of halogens is 1. The summed E-state index contributed by atoms with van der Waals surface area (Å²) in [4.78, 5) is 18.9. The van der Waals surface area contributed by atoms with Crippen LogP contribution in [0.2, 0.25) is 0 Å². The molecule has 0 amide bonds. The summed E-state index contributed by atoms with van der Waals surface area (Å²) in [5, 5.41) is 12.9. The molecular weight excluding hydrogens is 276 g/mol. The van der Waals surface area contributed by atoms with Gasteiger partial charge in [-0.05, 0) is 15.9 Å². The second kappa shape index (κ2) is 4.01. The fourth-order valence-corrected chi connectivity index (χ4v) is 1.43. The molecule has 7 heteroatoms. The fourth-order valence-electron chi connectivity index (χ4n) is 1.22. The Morgan fingerprint density at radius 1 is 1.44 bits per heavy atom. The smallest absolute Gasteiger partial charge is 0.354 e. The predicted molar refractivity (Wildman–Crippen MR) is 58.9 cm³/mol. The molecule has 0 aromatic carbocycles. The molecule has 16 heavy (non-hydrogen) atoms. The molecule has 0 atom stereocenters. The minimum absolute atomic E-state index is 0.0986. The number of hydrogen-bond acceptors (Lipinski definition) is 4. The van der Waals surface area contributed by atoms with E-state index in [0.29, 0.717) is 11.5 Å². The molecule has 0 unspecified atom stereocenters. The van der Waals surface area contributed by atoms with Crippen molar-refractivity contribution in [1.82, 2.24) is 19.7 Å². The topological polar surface area (TPSA) is 80.9 Å². The van der Waals surface area contributed by atoms with E-state index in [4.69, 9.17) is 5.11 Å². The molecule has 0 bridgehead atoms. The summed E-state index contributed by atoms with van der Waals surface area (Å²) < 4.78 is 2.04. The highest BCUT2D eigenvalue weighted by molar-refractivity contribution is 9.10. The first-order chi connectivity index (χ1) is 7.58. The zero-order valence-corrected chi connectivity index (χ0v) is 9.84. The highest BCUT2D eigenvalue weighted by atomic mass is 79.9. The first-order valence-electron chi connectivity index (χ1n) is 4.33. The standard InChI is InChI=1S/C9H7BrN4O2/c1-14-7(9(15)16)2-6(13-14)8-11-3-5(10)4-12-8/h2-4H,1H3,(H,15,16). The third-order valence-corrected chi connectivity index (χ3v) is 2.36. The quantitative estimate of drug-likeness (QED) is 0.899. The van der Waals surface area contributed by atoms with Crippen molar-refractivity contribution in [2.45, 2.75) is 0 Å². The minimum Gasteiger partial charge on any atom is -0.477 e. The fraction of sp³-hybridized carbons (Fsp3) is 0.111. The monoisotopic (exact) mass is 282 g/mol. The third kappa shape index (κ3) is 1.94. The van der Waals surface area contributed by atoms with Gasteiger partial charge in [-0.15, -0.1) is 0 Å². The molecule has 2 heterocycles. The molecule has 2 rings (SSSR count). The van der Waals surface area contributed by atoms with Crippen LogP contribution in [-0.2, 0) is 7.05 Å². The summed E-state index contributed by atoms with van der Waals surface area (Å²) in [6, 6.07) is 1.44. The second-order valence-corrected chi connectivity index (χ2v) is 3.98. The van der Waals surface area contributed by atoms with Crippen LogP contribution in [0.5, 0.6) is 0 Å². The maximum absolute atomic E-state index is 10.8. The average molecular weight is 283 g/mol. The number of rotatable bonds is 2. The van der Waals surface area contributed by atoms with Crippen LogP contribution in [0.15, 0.2) is 22.9 Å². The van der Waals surface area contributed by atoms with Crippen LogP contribution in [0.3, 0.4) is 0 Å². The molecule has 0 radical (unpaired) electrons. The lowest BCUT2D eigenvalue weighted by Crippen LogP contribution is -2.04. The molecule has 82 valence electrons. The molecule has 2 aromatic rings. The lowest BCUT2D eigenvalue weighted by Gasteiger charge is -1.93. The molecule has 2 aromatic heterocycles. The van der Waals surface area contributed by atoms with Crippen molar-refractivity contribution < 1.29 is 9.90 Å². The van der Waals surface area contributed by atoms with E-state index in [1.807, 2.05) is 0 Å². The number of aromatic nitrogens is 4. The van der Waals surface area contributed by atoms with Crippen molar-refractivity contribution in [2.75, 3.05) is 0 Å². The van der Waals surface area contributed by atoms with Crippen LogP contribution in [-0.4, -0.2) is 30.8 Å². The van der Waals surface area contributed by atoms with Crippen LogP contribution in [0.4, 0.5) is 0 Å². The van der Waals surface area contributed by atoms with Gasteiger partial charge in [0.25, 0.3) is 0 Å². The van der Waals surface area contributed by atoms with Crippen molar-refractivity contribution >= 4 is 21.9 Å². The number of carboxylic acids is 1. The lowest BCUT2D eigenvalue weighted by atomic mass is 10.3. The Kier molecular flexibility index (Phi) is 2.69. The molecule has 0 aliphatic rings. The van der Waals surface area contributed by atoms with E-state index in [1.165, 1.54) is 10.7 Å². The predicted octanol–water partition coefficient (Wildman–Crippen LogP) is 1.34. The highest BCUT2D eigenvalue weighted by Gasteiger charge is 2.14. The van der Waals surface area contributed by atoms with Crippen LogP contribution in [0.25, 0.3) is 11.5 Å². The first-order valence-corrected chi connectivity index (χ1v) is 5.12. The number of aromatic carboxylic acids is 1. The Bertz CT molecular complexity index is 535. The minimum atomic E-state index is -1.03. The van der Waals surface area contributed by atoms with Gasteiger partial charge in [0.1, 0.15) is 11.4 Å².